The molecule has 1 amide bonds. The summed E-state index contributed by atoms with van der Waals surface area (Å²) in [6, 6.07) is 7.03. The van der Waals surface area contributed by atoms with Crippen molar-refractivity contribution >= 4 is 21.3 Å². The molecule has 1 fully saturated rings. The van der Waals surface area contributed by atoms with E-state index >= 15 is 4.39 Å². The van der Waals surface area contributed by atoms with Crippen LogP contribution in [0.4, 0.5) is 36.4 Å². The van der Waals surface area contributed by atoms with E-state index < -0.39 is 79.0 Å². The number of alkyl halides is 6. The van der Waals surface area contributed by atoms with Crippen LogP contribution in [0.3, 0.4) is 0 Å². The highest BCUT2D eigenvalue weighted by Gasteiger charge is 2.60. The fourth-order valence-corrected chi connectivity index (χ4v) is 5.33. The molecule has 226 valence electrons. The highest BCUT2D eigenvalue weighted by molar-refractivity contribution is 7.91. The van der Waals surface area contributed by atoms with Crippen molar-refractivity contribution in [2.75, 3.05) is 18.7 Å². The number of ether oxygens (including phenoxy) is 2. The van der Waals surface area contributed by atoms with Gasteiger partial charge in [-0.2, -0.15) is 26.3 Å². The lowest BCUT2D eigenvalue weighted by Crippen LogP contribution is -2.48. The van der Waals surface area contributed by atoms with Crippen LogP contribution in [0.15, 0.2) is 41.3 Å². The van der Waals surface area contributed by atoms with E-state index in [4.69, 9.17) is 14.3 Å². The molecule has 0 aliphatic heterocycles. The highest BCUT2D eigenvalue weighted by Crippen LogP contribution is 2.56. The Bertz CT molecular complexity index is 1650. The largest absolute Gasteiger partial charge is 0.490 e. The molecule has 8 nitrogen and oxygen atoms in total. The summed E-state index contributed by atoms with van der Waals surface area (Å²) in [7, 11) is -2.25. The Balaban J connectivity index is 1.80. The topological polar surface area (TPSA) is 114 Å². The van der Waals surface area contributed by atoms with Crippen LogP contribution in [0.1, 0.15) is 46.4 Å². The molecule has 1 aromatic heterocycles. The normalized spacial score (nSPS) is 16.2. The molecule has 1 heterocycles. The third-order valence-corrected chi connectivity index (χ3v) is 8.11. The van der Waals surface area contributed by atoms with Crippen LogP contribution in [0, 0.1) is 17.5 Å². The van der Waals surface area contributed by atoms with Gasteiger partial charge in [-0.3, -0.25) is 4.79 Å². The molecule has 1 aliphatic rings. The summed E-state index contributed by atoms with van der Waals surface area (Å²) in [4.78, 5) is 13.3. The van der Waals surface area contributed by atoms with Gasteiger partial charge in [-0.1, -0.05) is 18.6 Å². The quantitative estimate of drug-likeness (QED) is 0.275. The van der Waals surface area contributed by atoms with Crippen molar-refractivity contribution < 1.29 is 49.2 Å². The minimum atomic E-state index is -5.04. The summed E-state index contributed by atoms with van der Waals surface area (Å²) in [6.45, 7) is 0.920. The Labute approximate surface area is 235 Å². The van der Waals surface area contributed by atoms with Crippen molar-refractivity contribution in [3.8, 4) is 17.4 Å². The summed E-state index contributed by atoms with van der Waals surface area (Å²) in [5, 5.41) is 8.81. The van der Waals surface area contributed by atoms with E-state index in [1.54, 1.807) is 0 Å². The number of amides is 1. The molecule has 2 N–H and O–H groups in total. The van der Waals surface area contributed by atoms with E-state index in [-0.39, 0.29) is 29.8 Å². The summed E-state index contributed by atoms with van der Waals surface area (Å²) in [5.41, 5.74) is -6.16. The minimum absolute atomic E-state index is 0.0269. The van der Waals surface area contributed by atoms with E-state index in [1.165, 1.54) is 24.3 Å². The van der Waals surface area contributed by atoms with Crippen LogP contribution >= 0.6 is 0 Å². The average molecular weight is 621 g/mol. The number of rotatable bonds is 7. The standard InChI is InChI=1S/C26H23F7N4O4S/c1-13-18(22(38)35-14-6-4-7-15(12-14)42(3,34)39)23(37-36-21(13)25(28,29)30)41-17-9-8-16(19(27)20(17)40-2)24(10-5-11-24)26(31,32)33/h4,6-9,12,34H,5,10-11H2,1-3H3,(H,35,38). The lowest BCUT2D eigenvalue weighted by atomic mass is 9.63. The molecule has 4 rings (SSSR count). The molecule has 2 aromatic carbocycles. The Kier molecular flexibility index (Phi) is 7.90. The van der Waals surface area contributed by atoms with Gasteiger partial charge in [0.2, 0.25) is 0 Å². The first kappa shape index (κ1) is 31.0. The number of aromatic nitrogens is 2. The molecule has 1 aliphatic carbocycles. The molecule has 16 heteroatoms. The second kappa shape index (κ2) is 10.7. The Morgan fingerprint density at radius 3 is 2.29 bits per heavy atom. The zero-order chi connectivity index (χ0) is 31.3. The fourth-order valence-electron chi connectivity index (χ4n) is 4.64. The third-order valence-electron chi connectivity index (χ3n) is 6.96. The van der Waals surface area contributed by atoms with Gasteiger partial charge in [-0.05, 0) is 49.6 Å². The van der Waals surface area contributed by atoms with Gasteiger partial charge in [0, 0.05) is 22.4 Å². The van der Waals surface area contributed by atoms with Gasteiger partial charge in [0.05, 0.1) is 22.3 Å². The number of carbonyl (C=O) groups is 1. The Morgan fingerprint density at radius 1 is 1.10 bits per heavy atom. The molecule has 1 atom stereocenters. The minimum Gasteiger partial charge on any atom is -0.490 e. The summed E-state index contributed by atoms with van der Waals surface area (Å²) in [5.74, 6) is -4.75. The smallest absolute Gasteiger partial charge is 0.435 e. The van der Waals surface area contributed by atoms with Crippen molar-refractivity contribution in [1.82, 2.24) is 10.2 Å². The summed E-state index contributed by atoms with van der Waals surface area (Å²) >= 11 is 0. The average Bonchev–Trinajstić information content (AvgIpc) is 2.83. The van der Waals surface area contributed by atoms with Crippen molar-refractivity contribution in [2.24, 2.45) is 0 Å². The van der Waals surface area contributed by atoms with Crippen LogP contribution < -0.4 is 14.8 Å². The van der Waals surface area contributed by atoms with Crippen LogP contribution in [-0.2, 0) is 21.3 Å². The van der Waals surface area contributed by atoms with Gasteiger partial charge in [0.25, 0.3) is 11.8 Å². The predicted octanol–water partition coefficient (Wildman–Crippen LogP) is 7.02. The van der Waals surface area contributed by atoms with Crippen molar-refractivity contribution in [3.05, 3.63) is 64.6 Å². The first-order valence-electron chi connectivity index (χ1n) is 12.1. The maximum Gasteiger partial charge on any atom is 0.435 e. The number of benzene rings is 2. The van der Waals surface area contributed by atoms with E-state index in [1.807, 2.05) is 0 Å². The molecule has 3 aromatic rings. The van der Waals surface area contributed by atoms with Crippen LogP contribution in [0.2, 0.25) is 0 Å². The van der Waals surface area contributed by atoms with Gasteiger partial charge >= 0.3 is 12.4 Å². The van der Waals surface area contributed by atoms with E-state index in [0.717, 1.165) is 32.4 Å². The zero-order valence-corrected chi connectivity index (χ0v) is 23.0. The monoisotopic (exact) mass is 620 g/mol. The number of halogens is 7. The van der Waals surface area contributed by atoms with Crippen molar-refractivity contribution in [2.45, 2.75) is 48.8 Å². The van der Waals surface area contributed by atoms with Gasteiger partial charge in [-0.15, -0.1) is 10.2 Å². The van der Waals surface area contributed by atoms with Crippen molar-refractivity contribution in [3.63, 3.8) is 0 Å². The number of anilines is 1. The summed E-state index contributed by atoms with van der Waals surface area (Å²) in [6.07, 6.45) is -9.14. The van der Waals surface area contributed by atoms with Gasteiger partial charge in [-0.25, -0.2) is 13.4 Å². The SMILES string of the molecule is COc1c(Oc2nnc(C(F)(F)F)c(C)c2C(=O)Nc2cccc(S(C)(=N)=O)c2)ccc(C2(C(F)(F)F)CCC2)c1F. The molecule has 1 unspecified atom stereocenters. The maximum absolute atomic E-state index is 15.5. The number of nitrogens with one attached hydrogen (secondary N) is 2. The number of methoxy groups -OCH3 is 1. The number of hydrogen-bond donors (Lipinski definition) is 2. The third kappa shape index (κ3) is 5.58. The molecular formula is C26H23F7N4O4S. The Hall–Kier alpha value is -3.95. The summed E-state index contributed by atoms with van der Waals surface area (Å²) < 4.78 is 128. The first-order chi connectivity index (χ1) is 19.4. The fraction of sp³-hybridized carbons (Fsp3) is 0.346. The molecule has 0 radical (unpaired) electrons. The van der Waals surface area contributed by atoms with Crippen LogP contribution in [0.5, 0.6) is 17.4 Å². The molecule has 0 bridgehead atoms. The Morgan fingerprint density at radius 2 is 1.76 bits per heavy atom. The van der Waals surface area contributed by atoms with E-state index in [2.05, 4.69) is 15.5 Å². The lowest BCUT2D eigenvalue weighted by molar-refractivity contribution is -0.213. The van der Waals surface area contributed by atoms with E-state index in [0.29, 0.717) is 0 Å². The number of carbonyl (C=O) groups excluding carboxylic acids is 1. The van der Waals surface area contributed by atoms with E-state index in [9.17, 15) is 35.3 Å². The first-order valence-corrected chi connectivity index (χ1v) is 14.1. The van der Waals surface area contributed by atoms with Crippen LogP contribution in [-0.4, -0.2) is 39.9 Å². The molecule has 0 spiro atoms. The number of nitrogens with zero attached hydrogens (tertiary/aromatic N) is 2. The molecule has 1 saturated carbocycles. The van der Waals surface area contributed by atoms with Gasteiger partial charge < -0.3 is 14.8 Å². The predicted molar refractivity (Wildman–Crippen MR) is 136 cm³/mol. The van der Waals surface area contributed by atoms with Crippen molar-refractivity contribution in [1.29, 1.82) is 4.78 Å². The molecule has 0 saturated heterocycles. The molecule has 42 heavy (non-hydrogen) atoms. The second-order valence-corrected chi connectivity index (χ2v) is 11.8. The zero-order valence-electron chi connectivity index (χ0n) is 22.2. The van der Waals surface area contributed by atoms with Gasteiger partial charge in [0.15, 0.2) is 23.0 Å². The van der Waals surface area contributed by atoms with Crippen LogP contribution in [0.25, 0.3) is 0 Å². The molecular weight excluding hydrogens is 597 g/mol. The lowest BCUT2D eigenvalue weighted by Gasteiger charge is -2.43. The van der Waals surface area contributed by atoms with Gasteiger partial charge in [0.1, 0.15) is 5.56 Å². The number of hydrogen-bond acceptors (Lipinski definition) is 7. The maximum atomic E-state index is 15.5. The highest BCUT2D eigenvalue weighted by atomic mass is 32.2. The second-order valence-electron chi connectivity index (χ2n) is 9.67.